The highest BCUT2D eigenvalue weighted by Gasteiger charge is 2.08. The molecular weight excluding hydrogens is 336 g/mol. The van der Waals surface area contributed by atoms with Gasteiger partial charge in [0.1, 0.15) is 0 Å². The third-order valence-electron chi connectivity index (χ3n) is 4.30. The maximum Gasteiger partial charge on any atom is 0.255 e. The monoisotopic (exact) mass is 354 g/mol. The predicted octanol–water partition coefficient (Wildman–Crippen LogP) is 4.57. The van der Waals surface area contributed by atoms with Gasteiger partial charge in [-0.25, -0.2) is 0 Å². The minimum absolute atomic E-state index is 0.180. The van der Waals surface area contributed by atoms with E-state index in [9.17, 15) is 4.79 Å². The van der Waals surface area contributed by atoms with E-state index in [0.29, 0.717) is 11.3 Å². The smallest absolute Gasteiger partial charge is 0.255 e. The average molecular weight is 354 g/mol. The molecule has 0 fully saturated rings. The Balaban J connectivity index is 1.59. The molecule has 1 aromatic heterocycles. The van der Waals surface area contributed by atoms with Crippen LogP contribution in [0.1, 0.15) is 21.6 Å². The third-order valence-corrected chi connectivity index (χ3v) is 4.30. The Morgan fingerprint density at radius 3 is 2.52 bits per heavy atom. The number of benzene rings is 3. The standard InChI is InChI=1S/C22H18N4O/c23-17-12-9-16(10-13-17)22(27)24-19-7-3-1-5-15(19)11-14-21-18-6-2-4-8-20(18)25-26-21/h1-14H,23H2,(H,24,27)(H,25,26). The van der Waals surface area contributed by atoms with Crippen LogP contribution in [0.5, 0.6) is 0 Å². The lowest BCUT2D eigenvalue weighted by Crippen LogP contribution is -2.12. The fraction of sp³-hybridized carbons (Fsp3) is 0. The van der Waals surface area contributed by atoms with E-state index in [1.165, 1.54) is 0 Å². The van der Waals surface area contributed by atoms with E-state index >= 15 is 0 Å². The van der Waals surface area contributed by atoms with Gasteiger partial charge in [0.2, 0.25) is 0 Å². The zero-order valence-corrected chi connectivity index (χ0v) is 14.5. The molecule has 4 rings (SSSR count). The van der Waals surface area contributed by atoms with Gasteiger partial charge in [-0.2, -0.15) is 5.10 Å². The second kappa shape index (κ2) is 7.17. The molecule has 132 valence electrons. The first-order valence-corrected chi connectivity index (χ1v) is 8.58. The van der Waals surface area contributed by atoms with Crippen molar-refractivity contribution in [3.05, 3.63) is 89.6 Å². The zero-order valence-electron chi connectivity index (χ0n) is 14.5. The van der Waals surface area contributed by atoms with Crippen molar-refractivity contribution >= 4 is 40.3 Å². The summed E-state index contributed by atoms with van der Waals surface area (Å²) in [5.41, 5.74) is 10.3. The summed E-state index contributed by atoms with van der Waals surface area (Å²) in [7, 11) is 0. The summed E-state index contributed by atoms with van der Waals surface area (Å²) in [6.45, 7) is 0. The SMILES string of the molecule is Nc1ccc(C(=O)Nc2ccccc2C=Cc2n[nH]c3ccccc23)cc1. The number of amides is 1. The zero-order chi connectivity index (χ0) is 18.6. The molecule has 27 heavy (non-hydrogen) atoms. The van der Waals surface area contributed by atoms with E-state index in [1.54, 1.807) is 24.3 Å². The molecule has 0 spiro atoms. The Kier molecular flexibility index (Phi) is 4.41. The third kappa shape index (κ3) is 3.57. The topological polar surface area (TPSA) is 83.8 Å². The molecule has 0 bridgehead atoms. The number of nitrogen functional groups attached to an aromatic ring is 1. The maximum absolute atomic E-state index is 12.5. The van der Waals surface area contributed by atoms with Gasteiger partial charge in [-0.3, -0.25) is 9.89 Å². The first kappa shape index (κ1) is 16.6. The van der Waals surface area contributed by atoms with Crippen molar-refractivity contribution in [1.29, 1.82) is 0 Å². The van der Waals surface area contributed by atoms with Crippen LogP contribution < -0.4 is 11.1 Å². The number of aromatic amines is 1. The summed E-state index contributed by atoms with van der Waals surface area (Å²) >= 11 is 0. The summed E-state index contributed by atoms with van der Waals surface area (Å²) in [6.07, 6.45) is 3.88. The van der Waals surface area contributed by atoms with Crippen LogP contribution in [0.25, 0.3) is 23.1 Å². The van der Waals surface area contributed by atoms with E-state index in [0.717, 1.165) is 27.8 Å². The van der Waals surface area contributed by atoms with Gasteiger partial charge in [0.15, 0.2) is 0 Å². The van der Waals surface area contributed by atoms with Crippen LogP contribution in [-0.4, -0.2) is 16.1 Å². The van der Waals surface area contributed by atoms with E-state index in [4.69, 9.17) is 5.73 Å². The van der Waals surface area contributed by atoms with Gasteiger partial charge in [-0.05, 0) is 48.0 Å². The number of anilines is 2. The molecular formula is C22H18N4O. The van der Waals surface area contributed by atoms with Crippen LogP contribution in [0.2, 0.25) is 0 Å². The van der Waals surface area contributed by atoms with Gasteiger partial charge in [0.25, 0.3) is 5.91 Å². The number of hydrogen-bond donors (Lipinski definition) is 3. The van der Waals surface area contributed by atoms with Gasteiger partial charge < -0.3 is 11.1 Å². The minimum Gasteiger partial charge on any atom is -0.399 e. The quantitative estimate of drug-likeness (QED) is 0.470. The van der Waals surface area contributed by atoms with Crippen molar-refractivity contribution in [2.24, 2.45) is 0 Å². The van der Waals surface area contributed by atoms with Crippen molar-refractivity contribution in [3.8, 4) is 0 Å². The van der Waals surface area contributed by atoms with Crippen molar-refractivity contribution in [2.45, 2.75) is 0 Å². The highest BCUT2D eigenvalue weighted by molar-refractivity contribution is 6.05. The molecule has 3 aromatic carbocycles. The number of aromatic nitrogens is 2. The Hall–Kier alpha value is -3.86. The summed E-state index contributed by atoms with van der Waals surface area (Å²) in [4.78, 5) is 12.5. The average Bonchev–Trinajstić information content (AvgIpc) is 3.11. The fourth-order valence-electron chi connectivity index (χ4n) is 2.87. The Morgan fingerprint density at radius 1 is 0.926 bits per heavy atom. The molecule has 0 unspecified atom stereocenters. The largest absolute Gasteiger partial charge is 0.399 e. The van der Waals surface area contributed by atoms with Crippen molar-refractivity contribution in [2.75, 3.05) is 11.1 Å². The molecule has 0 saturated carbocycles. The highest BCUT2D eigenvalue weighted by atomic mass is 16.1. The van der Waals surface area contributed by atoms with Crippen LogP contribution in [-0.2, 0) is 0 Å². The number of nitrogens with zero attached hydrogens (tertiary/aromatic N) is 1. The molecule has 4 aromatic rings. The number of para-hydroxylation sites is 2. The van der Waals surface area contributed by atoms with E-state index in [-0.39, 0.29) is 5.91 Å². The lowest BCUT2D eigenvalue weighted by Gasteiger charge is -2.08. The first-order valence-electron chi connectivity index (χ1n) is 8.58. The number of rotatable bonds is 4. The molecule has 1 amide bonds. The van der Waals surface area contributed by atoms with Gasteiger partial charge in [-0.1, -0.05) is 42.5 Å². The van der Waals surface area contributed by atoms with Crippen LogP contribution in [0.15, 0.2) is 72.8 Å². The first-order chi connectivity index (χ1) is 13.2. The van der Waals surface area contributed by atoms with Crippen LogP contribution in [0.4, 0.5) is 11.4 Å². The summed E-state index contributed by atoms with van der Waals surface area (Å²) in [5.74, 6) is -0.180. The summed E-state index contributed by atoms with van der Waals surface area (Å²) in [6, 6.07) is 22.4. The molecule has 0 aliphatic heterocycles. The maximum atomic E-state index is 12.5. The van der Waals surface area contributed by atoms with Gasteiger partial charge in [-0.15, -0.1) is 0 Å². The van der Waals surface area contributed by atoms with Gasteiger partial charge >= 0.3 is 0 Å². The molecule has 5 heteroatoms. The summed E-state index contributed by atoms with van der Waals surface area (Å²) < 4.78 is 0. The lowest BCUT2D eigenvalue weighted by atomic mass is 10.1. The molecule has 0 radical (unpaired) electrons. The molecule has 0 aliphatic rings. The Bertz CT molecular complexity index is 1130. The van der Waals surface area contributed by atoms with E-state index < -0.39 is 0 Å². The number of nitrogens with two attached hydrogens (primary N) is 1. The van der Waals surface area contributed by atoms with Gasteiger partial charge in [0.05, 0.1) is 11.2 Å². The number of nitrogens with one attached hydrogen (secondary N) is 2. The van der Waals surface area contributed by atoms with Crippen LogP contribution >= 0.6 is 0 Å². The molecule has 0 saturated heterocycles. The molecule has 0 atom stereocenters. The van der Waals surface area contributed by atoms with E-state index in [2.05, 4.69) is 15.5 Å². The second-order valence-electron chi connectivity index (χ2n) is 6.15. The number of H-pyrrole nitrogens is 1. The lowest BCUT2D eigenvalue weighted by molar-refractivity contribution is 0.102. The van der Waals surface area contributed by atoms with Crippen LogP contribution in [0, 0.1) is 0 Å². The number of fused-ring (bicyclic) bond motifs is 1. The number of carbonyl (C=O) groups excluding carboxylic acids is 1. The molecule has 1 heterocycles. The van der Waals surface area contributed by atoms with Crippen molar-refractivity contribution in [1.82, 2.24) is 10.2 Å². The Labute approximate surface area is 156 Å². The highest BCUT2D eigenvalue weighted by Crippen LogP contribution is 2.21. The predicted molar refractivity (Wildman–Crippen MR) is 110 cm³/mol. The van der Waals surface area contributed by atoms with Gasteiger partial charge in [0, 0.05) is 22.3 Å². The minimum atomic E-state index is -0.180. The van der Waals surface area contributed by atoms with E-state index in [1.807, 2.05) is 60.7 Å². The Morgan fingerprint density at radius 2 is 1.67 bits per heavy atom. The second-order valence-corrected chi connectivity index (χ2v) is 6.15. The molecule has 5 nitrogen and oxygen atoms in total. The van der Waals surface area contributed by atoms with Crippen molar-refractivity contribution in [3.63, 3.8) is 0 Å². The molecule has 0 aliphatic carbocycles. The fourth-order valence-corrected chi connectivity index (χ4v) is 2.87. The number of hydrogen-bond acceptors (Lipinski definition) is 3. The normalized spacial score (nSPS) is 11.1. The van der Waals surface area contributed by atoms with Crippen molar-refractivity contribution < 1.29 is 4.79 Å². The number of carbonyl (C=O) groups is 1. The van der Waals surface area contributed by atoms with Crippen LogP contribution in [0.3, 0.4) is 0 Å². The molecule has 4 N–H and O–H groups in total. The summed E-state index contributed by atoms with van der Waals surface area (Å²) in [5, 5.41) is 11.4.